The topological polar surface area (TPSA) is 147 Å². The third kappa shape index (κ3) is 8.33. The number of carbonyl (C=O) groups is 1. The third-order valence-corrected chi connectivity index (χ3v) is 12.4. The van der Waals surface area contributed by atoms with Gasteiger partial charge in [-0.2, -0.15) is 10.2 Å². The zero-order valence-electron chi connectivity index (χ0n) is 37.5. The SMILES string of the molecule is Cc1cc(-c2cnc(NCc3c(F)cc(Cc4cc(-c5cnc(N(Cc6c(F)ccc7c6CCO7)C(=O)OC(C)(C)C)c6cnc(Cl)cc56)n(C)n4)c4c3CCO4)c3cnc(Cl)cc23)n(C)n1. The lowest BCUT2D eigenvalue weighted by atomic mass is 9.97. The first-order valence-electron chi connectivity index (χ1n) is 21.7. The first-order valence-corrected chi connectivity index (χ1v) is 22.4. The lowest BCUT2D eigenvalue weighted by Gasteiger charge is -2.28. The Morgan fingerprint density at radius 2 is 1.46 bits per heavy atom. The van der Waals surface area contributed by atoms with Crippen molar-refractivity contribution in [3.05, 3.63) is 128 Å². The van der Waals surface area contributed by atoms with Crippen LogP contribution in [0.1, 0.15) is 60.0 Å². The van der Waals surface area contributed by atoms with Crippen LogP contribution in [0.2, 0.25) is 10.3 Å². The molecule has 2 aliphatic rings. The number of hydrogen-bond acceptors (Lipinski definition) is 11. The van der Waals surface area contributed by atoms with Crippen LogP contribution in [0.5, 0.6) is 11.5 Å². The molecule has 6 aromatic heterocycles. The second kappa shape index (κ2) is 17.1. The minimum atomic E-state index is -0.864. The molecule has 0 saturated carbocycles. The van der Waals surface area contributed by atoms with Gasteiger partial charge < -0.3 is 19.5 Å². The van der Waals surface area contributed by atoms with Crippen molar-refractivity contribution in [2.45, 2.75) is 65.6 Å². The van der Waals surface area contributed by atoms with E-state index in [0.29, 0.717) is 98.5 Å². The number of aromatic nitrogens is 8. The number of nitrogens with zero attached hydrogens (tertiary/aromatic N) is 9. The standard InChI is InChI=1S/C49H44Cl2F2N10O4/c1-25-13-40(61(5)59-25)33-20-57-46(35-22-54-43(50)17-30(33)35)56-19-32-29-10-12-66-45(29)26(15-39(32)53)14-27-16-41(62(6)60-27)34-21-58-47(36-23-55-44(51)18-31(34)36)63(48(64)67-49(2,3)4)24-37-28-9-11-65-42(28)8-7-38(37)52/h7-8,13,15-18,20-23H,9-12,14,19,24H2,1-6H3,(H,56,57). The van der Waals surface area contributed by atoms with Crippen LogP contribution < -0.4 is 19.7 Å². The van der Waals surface area contributed by atoms with Gasteiger partial charge in [-0.05, 0) is 70.2 Å². The normalized spacial score (nSPS) is 13.2. The summed E-state index contributed by atoms with van der Waals surface area (Å²) in [7, 11) is 3.68. The van der Waals surface area contributed by atoms with Gasteiger partial charge in [-0.3, -0.25) is 14.3 Å². The van der Waals surface area contributed by atoms with Gasteiger partial charge in [0, 0.05) is 125 Å². The molecular weight excluding hydrogens is 902 g/mol. The second-order valence-corrected chi connectivity index (χ2v) is 18.4. The number of ether oxygens (including phenoxy) is 3. The van der Waals surface area contributed by atoms with E-state index in [1.807, 2.05) is 26.1 Å². The first kappa shape index (κ1) is 44.0. The Hall–Kier alpha value is -6.91. The molecule has 2 aliphatic heterocycles. The molecule has 67 heavy (non-hydrogen) atoms. The zero-order chi connectivity index (χ0) is 46.9. The van der Waals surface area contributed by atoms with Gasteiger partial charge in [0.1, 0.15) is 50.7 Å². The Kier molecular flexibility index (Phi) is 11.2. The zero-order valence-corrected chi connectivity index (χ0v) is 39.0. The summed E-state index contributed by atoms with van der Waals surface area (Å²) in [6.07, 6.45) is 7.16. The van der Waals surface area contributed by atoms with Crippen LogP contribution >= 0.6 is 23.2 Å². The van der Waals surface area contributed by atoms with Gasteiger partial charge in [0.05, 0.1) is 42.5 Å². The van der Waals surface area contributed by atoms with Crippen LogP contribution in [-0.4, -0.2) is 64.4 Å². The number of fused-ring (bicyclic) bond motifs is 4. The highest BCUT2D eigenvalue weighted by atomic mass is 35.5. The molecule has 2 aromatic carbocycles. The molecule has 1 amide bonds. The molecule has 10 rings (SSSR count). The molecule has 0 bridgehead atoms. The molecule has 342 valence electrons. The highest BCUT2D eigenvalue weighted by Crippen LogP contribution is 2.40. The van der Waals surface area contributed by atoms with E-state index in [0.717, 1.165) is 33.3 Å². The molecule has 0 spiro atoms. The van der Waals surface area contributed by atoms with Crippen LogP contribution in [0.25, 0.3) is 44.1 Å². The van der Waals surface area contributed by atoms with E-state index in [9.17, 15) is 4.79 Å². The average molecular weight is 946 g/mol. The second-order valence-electron chi connectivity index (χ2n) is 17.7. The summed E-state index contributed by atoms with van der Waals surface area (Å²) in [6.45, 7) is 7.99. The maximum atomic E-state index is 16.4. The quantitative estimate of drug-likeness (QED) is 0.131. The van der Waals surface area contributed by atoms with Gasteiger partial charge in [-0.25, -0.2) is 33.5 Å². The summed E-state index contributed by atoms with van der Waals surface area (Å²) in [6, 6.07) is 11.8. The molecule has 18 heteroatoms. The molecule has 0 aliphatic carbocycles. The van der Waals surface area contributed by atoms with Crippen molar-refractivity contribution in [1.29, 1.82) is 0 Å². The third-order valence-electron chi connectivity index (χ3n) is 12.0. The maximum absolute atomic E-state index is 16.4. The van der Waals surface area contributed by atoms with Crippen molar-refractivity contribution in [3.8, 4) is 34.0 Å². The number of hydrogen-bond donors (Lipinski definition) is 1. The minimum Gasteiger partial charge on any atom is -0.493 e. The Labute approximate surface area is 393 Å². The Bertz CT molecular complexity index is 3310. The van der Waals surface area contributed by atoms with Crippen molar-refractivity contribution in [2.75, 3.05) is 23.4 Å². The number of carbonyl (C=O) groups excluding carboxylic acids is 1. The van der Waals surface area contributed by atoms with Crippen molar-refractivity contribution in [3.63, 3.8) is 0 Å². The van der Waals surface area contributed by atoms with Crippen molar-refractivity contribution < 1.29 is 27.8 Å². The number of pyridine rings is 4. The fourth-order valence-electron chi connectivity index (χ4n) is 9.05. The molecular formula is C49H44Cl2F2N10O4. The van der Waals surface area contributed by atoms with Gasteiger partial charge >= 0.3 is 6.09 Å². The number of rotatable bonds is 10. The molecule has 1 N–H and O–H groups in total. The van der Waals surface area contributed by atoms with Crippen LogP contribution in [0.4, 0.5) is 25.2 Å². The average Bonchev–Trinajstić information content (AvgIpc) is 4.10. The number of anilines is 2. The maximum Gasteiger partial charge on any atom is 0.416 e. The predicted octanol–water partition coefficient (Wildman–Crippen LogP) is 10.3. The number of amides is 1. The van der Waals surface area contributed by atoms with E-state index < -0.39 is 17.5 Å². The van der Waals surface area contributed by atoms with E-state index in [2.05, 4.69) is 20.4 Å². The van der Waals surface area contributed by atoms with E-state index in [1.54, 1.807) is 74.0 Å². The van der Waals surface area contributed by atoms with Crippen molar-refractivity contribution in [2.24, 2.45) is 14.1 Å². The van der Waals surface area contributed by atoms with E-state index in [4.69, 9.17) is 52.5 Å². The highest BCUT2D eigenvalue weighted by molar-refractivity contribution is 6.30. The van der Waals surface area contributed by atoms with Crippen molar-refractivity contribution >= 4 is 62.5 Å². The fourth-order valence-corrected chi connectivity index (χ4v) is 9.37. The van der Waals surface area contributed by atoms with Crippen LogP contribution in [0, 0.1) is 18.6 Å². The lowest BCUT2D eigenvalue weighted by Crippen LogP contribution is -2.37. The van der Waals surface area contributed by atoms with Gasteiger partial charge in [-0.1, -0.05) is 23.2 Å². The summed E-state index contributed by atoms with van der Waals surface area (Å²) in [5, 5.41) is 15.9. The summed E-state index contributed by atoms with van der Waals surface area (Å²) in [4.78, 5) is 33.6. The number of halogens is 4. The van der Waals surface area contributed by atoms with Crippen molar-refractivity contribution in [1.82, 2.24) is 39.5 Å². The Morgan fingerprint density at radius 1 is 0.791 bits per heavy atom. The van der Waals surface area contributed by atoms with Crippen LogP contribution in [-0.2, 0) is 51.2 Å². The Balaban J connectivity index is 0.957. The lowest BCUT2D eigenvalue weighted by molar-refractivity contribution is 0.0576. The van der Waals surface area contributed by atoms with Gasteiger partial charge in [0.25, 0.3) is 0 Å². The summed E-state index contributed by atoms with van der Waals surface area (Å²) < 4.78 is 53.2. The Morgan fingerprint density at radius 3 is 2.19 bits per heavy atom. The predicted molar refractivity (Wildman–Crippen MR) is 252 cm³/mol. The largest absolute Gasteiger partial charge is 0.493 e. The molecule has 8 aromatic rings. The first-order chi connectivity index (χ1) is 32.1. The summed E-state index contributed by atoms with van der Waals surface area (Å²) in [5.41, 5.74) is 6.61. The molecule has 8 heterocycles. The molecule has 0 saturated heterocycles. The molecule has 0 unspecified atom stereocenters. The molecule has 14 nitrogen and oxygen atoms in total. The number of aryl methyl sites for hydroxylation is 3. The highest BCUT2D eigenvalue weighted by Gasteiger charge is 2.31. The molecule has 0 atom stereocenters. The number of benzene rings is 2. The molecule has 0 fully saturated rings. The van der Waals surface area contributed by atoms with Gasteiger partial charge in [-0.15, -0.1) is 0 Å². The van der Waals surface area contributed by atoms with Gasteiger partial charge in [0.2, 0.25) is 0 Å². The van der Waals surface area contributed by atoms with Gasteiger partial charge in [0.15, 0.2) is 0 Å². The summed E-state index contributed by atoms with van der Waals surface area (Å²) in [5.74, 6) is 1.08. The van der Waals surface area contributed by atoms with E-state index in [1.165, 1.54) is 23.2 Å². The smallest absolute Gasteiger partial charge is 0.416 e. The monoisotopic (exact) mass is 944 g/mol. The van der Waals surface area contributed by atoms with Crippen LogP contribution in [0.3, 0.4) is 0 Å². The van der Waals surface area contributed by atoms with E-state index >= 15 is 8.78 Å². The van der Waals surface area contributed by atoms with Crippen LogP contribution in [0.15, 0.2) is 67.3 Å². The number of nitrogens with one attached hydrogen (secondary N) is 1. The fraction of sp³-hybridized carbons (Fsp3) is 0.286. The minimum absolute atomic E-state index is 0.149. The summed E-state index contributed by atoms with van der Waals surface area (Å²) >= 11 is 12.9. The van der Waals surface area contributed by atoms with E-state index in [-0.39, 0.29) is 36.3 Å². The molecule has 0 radical (unpaired) electrons.